The molecule has 0 aliphatic carbocycles. The number of ether oxygens (including phenoxy) is 3. The second kappa shape index (κ2) is 33.9. The average Bonchev–Trinajstić information content (AvgIpc) is 2.87. The van der Waals surface area contributed by atoms with Crippen molar-refractivity contribution in [2.24, 2.45) is 0 Å². The third-order valence-corrected chi connectivity index (χ3v) is 6.73. The Hall–Kier alpha value is 0.970. The Morgan fingerprint density at radius 3 is 1.78 bits per heavy atom. The molecule has 1 N–H and O–H groups in total. The number of carbonyl (C=O) groups is 2. The van der Waals surface area contributed by atoms with Crippen LogP contribution in [0.3, 0.4) is 0 Å². The molecule has 0 aliphatic rings. The summed E-state index contributed by atoms with van der Waals surface area (Å²) in [5.74, 6) is -0.440. The van der Waals surface area contributed by atoms with Crippen molar-refractivity contribution in [1.82, 2.24) is 5.32 Å². The van der Waals surface area contributed by atoms with E-state index in [0.29, 0.717) is 13.0 Å². The molecule has 0 spiro atoms. The fourth-order valence-corrected chi connectivity index (χ4v) is 4.42. The first-order valence-corrected chi connectivity index (χ1v) is 16.5. The molecule has 13 heteroatoms. The monoisotopic (exact) mass is 625 g/mol. The van der Waals surface area contributed by atoms with Gasteiger partial charge in [0.15, 0.2) is 0 Å². The first-order chi connectivity index (χ1) is 18.7. The van der Waals surface area contributed by atoms with Crippen molar-refractivity contribution < 1.29 is 102 Å². The molecule has 41 heavy (non-hydrogen) atoms. The van der Waals surface area contributed by atoms with Gasteiger partial charge in [-0.15, -0.1) is 0 Å². The van der Waals surface area contributed by atoms with Crippen LogP contribution >= 0.6 is 7.82 Å². The summed E-state index contributed by atoms with van der Waals surface area (Å²) in [5, 5.41) is 2.80. The summed E-state index contributed by atoms with van der Waals surface area (Å²) in [5.41, 5.74) is 0. The summed E-state index contributed by atoms with van der Waals surface area (Å²) in [6.45, 7) is 4.31. The van der Waals surface area contributed by atoms with Crippen LogP contribution in [0.15, 0.2) is 0 Å². The number of nitrogens with one attached hydrogen (secondary N) is 1. The van der Waals surface area contributed by atoms with Gasteiger partial charge < -0.3 is 38.4 Å². The molecule has 232 valence electrons. The van der Waals surface area contributed by atoms with E-state index in [0.717, 1.165) is 57.9 Å². The average molecular weight is 626 g/mol. The van der Waals surface area contributed by atoms with Crippen molar-refractivity contribution in [2.45, 2.75) is 136 Å². The van der Waals surface area contributed by atoms with Gasteiger partial charge in [0.05, 0.1) is 21.0 Å². The van der Waals surface area contributed by atoms with Gasteiger partial charge in [-0.1, -0.05) is 96.8 Å². The van der Waals surface area contributed by atoms with E-state index in [1.54, 1.807) is 0 Å². The van der Waals surface area contributed by atoms with Crippen LogP contribution in [-0.2, 0) is 32.9 Å². The SMILES string of the molecule is CCCCCCCCCCCC(=O)O[C@H](COCOCCCCCCCCCCNC(C)=O)COP(=O)([O-])[O-].[Na+].[Na+]. The Morgan fingerprint density at radius 1 is 0.732 bits per heavy atom. The third kappa shape index (κ3) is 38.9. The summed E-state index contributed by atoms with van der Waals surface area (Å²) >= 11 is 0. The minimum atomic E-state index is -5.18. The van der Waals surface area contributed by atoms with Gasteiger partial charge in [-0.2, -0.15) is 0 Å². The fourth-order valence-electron chi connectivity index (χ4n) is 4.07. The Labute approximate surface area is 293 Å². The van der Waals surface area contributed by atoms with Crippen LogP contribution in [0.5, 0.6) is 0 Å². The minimum Gasteiger partial charge on any atom is -0.790 e. The Bertz CT molecular complexity index is 642. The molecular formula is C28H54NNa2O9P. The molecule has 0 radical (unpaired) electrons. The summed E-state index contributed by atoms with van der Waals surface area (Å²) in [6, 6.07) is 0. The van der Waals surface area contributed by atoms with Gasteiger partial charge in [0.1, 0.15) is 12.9 Å². The quantitative estimate of drug-likeness (QED) is 0.0361. The van der Waals surface area contributed by atoms with E-state index < -0.39 is 26.5 Å². The van der Waals surface area contributed by atoms with Gasteiger partial charge in [-0.05, 0) is 19.3 Å². The predicted molar refractivity (Wildman–Crippen MR) is 148 cm³/mol. The molecule has 0 fully saturated rings. The second-order valence-electron chi connectivity index (χ2n) is 10.1. The molecule has 1 amide bonds. The van der Waals surface area contributed by atoms with Crippen LogP contribution in [0.2, 0.25) is 0 Å². The first-order valence-electron chi connectivity index (χ1n) is 15.0. The molecule has 0 heterocycles. The smallest absolute Gasteiger partial charge is 0.790 e. The van der Waals surface area contributed by atoms with Gasteiger partial charge in [-0.25, -0.2) is 0 Å². The molecule has 0 rings (SSSR count). The van der Waals surface area contributed by atoms with E-state index in [1.165, 1.54) is 58.3 Å². The van der Waals surface area contributed by atoms with Crippen molar-refractivity contribution in [1.29, 1.82) is 0 Å². The number of amides is 1. The van der Waals surface area contributed by atoms with Gasteiger partial charge in [0.2, 0.25) is 5.91 Å². The minimum absolute atomic E-state index is 0. The molecule has 0 aliphatic heterocycles. The Kier molecular flexibility index (Phi) is 38.3. The van der Waals surface area contributed by atoms with Gasteiger partial charge >= 0.3 is 65.1 Å². The van der Waals surface area contributed by atoms with Crippen molar-refractivity contribution in [3.05, 3.63) is 0 Å². The maximum absolute atomic E-state index is 12.2. The number of phosphoric acid groups is 1. The summed E-state index contributed by atoms with van der Waals surface area (Å²) in [6.07, 6.45) is 18.2. The molecule has 0 unspecified atom stereocenters. The van der Waals surface area contributed by atoms with Crippen molar-refractivity contribution in [3.63, 3.8) is 0 Å². The van der Waals surface area contributed by atoms with E-state index in [-0.39, 0.29) is 84.8 Å². The molecular weight excluding hydrogens is 571 g/mol. The Balaban J connectivity index is -0.00000722. The van der Waals surface area contributed by atoms with E-state index in [1.807, 2.05) is 0 Å². The molecule has 0 aromatic heterocycles. The topological polar surface area (TPSA) is 146 Å². The van der Waals surface area contributed by atoms with Crippen molar-refractivity contribution in [2.75, 3.05) is 33.2 Å². The molecule has 1 atom stereocenters. The maximum Gasteiger partial charge on any atom is 1.00 e. The van der Waals surface area contributed by atoms with Gasteiger partial charge in [-0.3, -0.25) is 9.59 Å². The zero-order valence-corrected chi connectivity index (χ0v) is 31.4. The number of carbonyl (C=O) groups excluding carboxylic acids is 2. The molecule has 10 nitrogen and oxygen atoms in total. The number of hydrogen-bond acceptors (Lipinski definition) is 9. The number of rotatable bonds is 29. The van der Waals surface area contributed by atoms with E-state index in [9.17, 15) is 23.9 Å². The number of hydrogen-bond donors (Lipinski definition) is 1. The maximum atomic E-state index is 12.2. The summed E-state index contributed by atoms with van der Waals surface area (Å²) in [7, 11) is -5.18. The number of unbranched alkanes of at least 4 members (excludes halogenated alkanes) is 15. The van der Waals surface area contributed by atoms with E-state index in [2.05, 4.69) is 16.8 Å². The van der Waals surface area contributed by atoms with Crippen LogP contribution in [0.1, 0.15) is 129 Å². The molecule has 0 saturated carbocycles. The standard InChI is InChI=1S/C28H56NO9P.2Na/c1-3-4-5-6-7-8-11-14-17-20-28(31)38-27(24-37-39(32,33)34)23-36-25-35-22-19-16-13-10-9-12-15-18-21-29-26(2)30;;/h27H,3-25H2,1-2H3,(H,29,30)(H2,32,33,34);;/q;2*+1/p-2/t27-;;/m1../s1. The van der Waals surface area contributed by atoms with Crippen LogP contribution in [-0.4, -0.2) is 51.1 Å². The summed E-state index contributed by atoms with van der Waals surface area (Å²) < 4.78 is 31.2. The van der Waals surface area contributed by atoms with Crippen molar-refractivity contribution >= 4 is 19.7 Å². The summed E-state index contributed by atoms with van der Waals surface area (Å²) in [4.78, 5) is 44.6. The van der Waals surface area contributed by atoms with Crippen LogP contribution in [0, 0.1) is 0 Å². The van der Waals surface area contributed by atoms with Crippen LogP contribution in [0.4, 0.5) is 0 Å². The predicted octanol–water partition coefficient (Wildman–Crippen LogP) is -1.08. The van der Waals surface area contributed by atoms with Crippen molar-refractivity contribution in [3.8, 4) is 0 Å². The largest absolute Gasteiger partial charge is 1.00 e. The fraction of sp³-hybridized carbons (Fsp3) is 0.929. The number of phosphoric ester groups is 1. The van der Waals surface area contributed by atoms with Gasteiger partial charge in [0.25, 0.3) is 0 Å². The zero-order chi connectivity index (χ0) is 29.0. The zero-order valence-electron chi connectivity index (χ0n) is 26.5. The van der Waals surface area contributed by atoms with E-state index in [4.69, 9.17) is 14.2 Å². The second-order valence-corrected chi connectivity index (χ2v) is 11.3. The van der Waals surface area contributed by atoms with Gasteiger partial charge in [0, 0.05) is 26.5 Å². The first kappa shape index (κ1) is 46.4. The molecule has 0 aromatic carbocycles. The van der Waals surface area contributed by atoms with E-state index >= 15 is 0 Å². The Morgan fingerprint density at radius 2 is 1.24 bits per heavy atom. The van der Waals surface area contributed by atoms with Crippen LogP contribution < -0.4 is 74.2 Å². The molecule has 0 bridgehead atoms. The normalized spacial score (nSPS) is 11.8. The number of esters is 1. The molecule has 0 aromatic rings. The third-order valence-electron chi connectivity index (χ3n) is 6.26. The molecule has 0 saturated heterocycles. The van der Waals surface area contributed by atoms with Crippen LogP contribution in [0.25, 0.3) is 0 Å².